The summed E-state index contributed by atoms with van der Waals surface area (Å²) in [6.07, 6.45) is 4.89. The molecule has 0 aliphatic carbocycles. The van der Waals surface area contributed by atoms with Crippen LogP contribution in [0.25, 0.3) is 0 Å². The van der Waals surface area contributed by atoms with E-state index in [1.165, 1.54) is 5.56 Å². The van der Waals surface area contributed by atoms with Crippen molar-refractivity contribution >= 4 is 17.7 Å². The minimum atomic E-state index is 0.0873. The number of thioether (sulfide) groups is 1. The lowest BCUT2D eigenvalue weighted by Gasteiger charge is -2.03. The molecular formula is C16H21N3OS. The normalized spacial score (nSPS) is 10.5. The maximum Gasteiger partial charge on any atom is 0.230 e. The topological polar surface area (TPSA) is 46.9 Å². The van der Waals surface area contributed by atoms with E-state index >= 15 is 0 Å². The van der Waals surface area contributed by atoms with E-state index in [1.54, 1.807) is 11.8 Å². The molecule has 1 heterocycles. The van der Waals surface area contributed by atoms with Crippen molar-refractivity contribution in [2.24, 2.45) is 0 Å². The highest BCUT2D eigenvalue weighted by molar-refractivity contribution is 7.99. The molecule has 112 valence electrons. The molecular weight excluding hydrogens is 282 g/mol. The molecule has 0 atom stereocenters. The first-order valence-corrected chi connectivity index (χ1v) is 8.33. The van der Waals surface area contributed by atoms with E-state index in [0.717, 1.165) is 24.3 Å². The van der Waals surface area contributed by atoms with Crippen LogP contribution in [-0.4, -0.2) is 27.2 Å². The molecule has 4 nitrogen and oxygen atoms in total. The molecule has 0 aliphatic heterocycles. The van der Waals surface area contributed by atoms with Gasteiger partial charge in [-0.3, -0.25) is 9.48 Å². The average molecular weight is 303 g/mol. The summed E-state index contributed by atoms with van der Waals surface area (Å²) in [5, 5.41) is 7.25. The fourth-order valence-corrected chi connectivity index (χ4v) is 2.64. The van der Waals surface area contributed by atoms with Crippen LogP contribution in [0.5, 0.6) is 0 Å². The van der Waals surface area contributed by atoms with Gasteiger partial charge in [-0.1, -0.05) is 37.3 Å². The fourth-order valence-electron chi connectivity index (χ4n) is 1.92. The van der Waals surface area contributed by atoms with Gasteiger partial charge in [0, 0.05) is 18.3 Å². The van der Waals surface area contributed by atoms with Crippen LogP contribution >= 0.6 is 11.8 Å². The Kier molecular flexibility index (Phi) is 6.34. The second kappa shape index (κ2) is 8.52. The van der Waals surface area contributed by atoms with Crippen LogP contribution in [0.15, 0.2) is 42.7 Å². The smallest absolute Gasteiger partial charge is 0.230 e. The zero-order chi connectivity index (χ0) is 14.9. The number of hydrogen-bond acceptors (Lipinski definition) is 3. The third-order valence-corrected chi connectivity index (χ3v) is 4.11. The Morgan fingerprint density at radius 1 is 1.29 bits per heavy atom. The summed E-state index contributed by atoms with van der Waals surface area (Å²) < 4.78 is 1.89. The van der Waals surface area contributed by atoms with Crippen molar-refractivity contribution in [3.8, 4) is 0 Å². The van der Waals surface area contributed by atoms with Gasteiger partial charge < -0.3 is 5.32 Å². The molecule has 21 heavy (non-hydrogen) atoms. The minimum Gasteiger partial charge on any atom is -0.351 e. The molecule has 1 aromatic heterocycles. The molecule has 0 saturated carbocycles. The van der Waals surface area contributed by atoms with Crippen molar-refractivity contribution in [1.29, 1.82) is 0 Å². The first kappa shape index (κ1) is 15.6. The summed E-state index contributed by atoms with van der Waals surface area (Å²) >= 11 is 1.67. The summed E-state index contributed by atoms with van der Waals surface area (Å²) in [7, 11) is 0. The van der Waals surface area contributed by atoms with E-state index < -0.39 is 0 Å². The van der Waals surface area contributed by atoms with Crippen molar-refractivity contribution in [1.82, 2.24) is 15.1 Å². The van der Waals surface area contributed by atoms with Crippen molar-refractivity contribution in [3.05, 3.63) is 53.9 Å². The molecule has 0 saturated heterocycles. The van der Waals surface area contributed by atoms with Crippen molar-refractivity contribution in [3.63, 3.8) is 0 Å². The number of carbonyl (C=O) groups is 1. The van der Waals surface area contributed by atoms with Crippen molar-refractivity contribution < 1.29 is 4.79 Å². The van der Waals surface area contributed by atoms with E-state index in [0.29, 0.717) is 12.3 Å². The zero-order valence-corrected chi connectivity index (χ0v) is 13.1. The molecule has 2 rings (SSSR count). The highest BCUT2D eigenvalue weighted by Gasteiger charge is 2.03. The average Bonchev–Trinajstić information content (AvgIpc) is 2.94. The number of nitrogens with zero attached hydrogens (tertiary/aromatic N) is 2. The zero-order valence-electron chi connectivity index (χ0n) is 12.3. The van der Waals surface area contributed by atoms with E-state index in [9.17, 15) is 4.79 Å². The van der Waals surface area contributed by atoms with E-state index in [1.807, 2.05) is 35.3 Å². The predicted octanol–water partition coefficient (Wildman–Crippen LogP) is 2.69. The molecule has 0 spiro atoms. The molecule has 1 amide bonds. The Morgan fingerprint density at radius 3 is 2.86 bits per heavy atom. The first-order valence-electron chi connectivity index (χ1n) is 7.17. The molecule has 0 radical (unpaired) electrons. The Morgan fingerprint density at radius 2 is 2.10 bits per heavy atom. The van der Waals surface area contributed by atoms with Crippen molar-refractivity contribution in [2.75, 3.05) is 11.5 Å². The molecule has 2 aromatic rings. The van der Waals surface area contributed by atoms with Gasteiger partial charge in [0.25, 0.3) is 0 Å². The number of carbonyl (C=O) groups excluding carboxylic acids is 1. The quantitative estimate of drug-likeness (QED) is 0.763. The highest BCUT2D eigenvalue weighted by Crippen LogP contribution is 2.05. The van der Waals surface area contributed by atoms with Crippen LogP contribution in [0, 0.1) is 0 Å². The number of rotatable bonds is 8. The van der Waals surface area contributed by atoms with Gasteiger partial charge >= 0.3 is 0 Å². The maximum atomic E-state index is 11.6. The Hall–Kier alpha value is -1.75. The van der Waals surface area contributed by atoms with Gasteiger partial charge in [0.15, 0.2) is 0 Å². The number of nitrogens with one attached hydrogen (secondary N) is 1. The molecule has 0 bridgehead atoms. The van der Waals surface area contributed by atoms with Crippen LogP contribution in [0.2, 0.25) is 0 Å². The lowest BCUT2D eigenvalue weighted by atomic mass is 10.2. The van der Waals surface area contributed by atoms with Crippen LogP contribution in [0.4, 0.5) is 0 Å². The maximum absolute atomic E-state index is 11.6. The lowest BCUT2D eigenvalue weighted by molar-refractivity contribution is -0.118. The molecule has 5 heteroatoms. The van der Waals surface area contributed by atoms with Gasteiger partial charge in [-0.15, -0.1) is 0 Å². The Balaban J connectivity index is 1.77. The molecule has 1 aromatic carbocycles. The van der Waals surface area contributed by atoms with Gasteiger partial charge in [0.2, 0.25) is 5.91 Å². The molecule has 0 fully saturated rings. The fraction of sp³-hybridized carbons (Fsp3) is 0.375. The third kappa shape index (κ3) is 5.63. The third-order valence-electron chi connectivity index (χ3n) is 2.95. The SMILES string of the molecule is CCCSCC(=O)NCc1cnn(Cc2ccccc2)c1. The molecule has 1 N–H and O–H groups in total. The predicted molar refractivity (Wildman–Crippen MR) is 87.2 cm³/mol. The number of benzene rings is 1. The van der Waals surface area contributed by atoms with Crippen LogP contribution in [-0.2, 0) is 17.9 Å². The largest absolute Gasteiger partial charge is 0.351 e. The lowest BCUT2D eigenvalue weighted by Crippen LogP contribution is -2.24. The van der Waals surface area contributed by atoms with E-state index in [-0.39, 0.29) is 5.91 Å². The summed E-state index contributed by atoms with van der Waals surface area (Å²) in [5.41, 5.74) is 2.24. The summed E-state index contributed by atoms with van der Waals surface area (Å²) in [6.45, 7) is 3.41. The van der Waals surface area contributed by atoms with Gasteiger partial charge in [-0.05, 0) is 17.7 Å². The second-order valence-corrected chi connectivity index (χ2v) is 5.97. The number of amides is 1. The van der Waals surface area contributed by atoms with E-state index in [2.05, 4.69) is 29.5 Å². The first-order chi connectivity index (χ1) is 10.3. The monoisotopic (exact) mass is 303 g/mol. The number of hydrogen-bond donors (Lipinski definition) is 1. The second-order valence-electron chi connectivity index (χ2n) is 4.86. The summed E-state index contributed by atoms with van der Waals surface area (Å²) in [5.74, 6) is 1.65. The molecule has 0 unspecified atom stereocenters. The van der Waals surface area contributed by atoms with E-state index in [4.69, 9.17) is 0 Å². The summed E-state index contributed by atoms with van der Waals surface area (Å²) in [6, 6.07) is 10.2. The summed E-state index contributed by atoms with van der Waals surface area (Å²) in [4.78, 5) is 11.6. The standard InChI is InChI=1S/C16H21N3OS/c1-2-8-21-13-16(20)17-9-15-10-18-19(12-15)11-14-6-4-3-5-7-14/h3-7,10,12H,2,8-9,11,13H2,1H3,(H,17,20). The van der Waals surface area contributed by atoms with Crippen LogP contribution in [0.3, 0.4) is 0 Å². The van der Waals surface area contributed by atoms with Crippen LogP contribution < -0.4 is 5.32 Å². The Labute approximate surface area is 129 Å². The number of aromatic nitrogens is 2. The Bertz CT molecular complexity index is 554. The van der Waals surface area contributed by atoms with Crippen molar-refractivity contribution in [2.45, 2.75) is 26.4 Å². The molecule has 0 aliphatic rings. The van der Waals surface area contributed by atoms with Gasteiger partial charge in [-0.25, -0.2) is 0 Å². The van der Waals surface area contributed by atoms with Gasteiger partial charge in [-0.2, -0.15) is 16.9 Å². The van der Waals surface area contributed by atoms with Gasteiger partial charge in [0.05, 0.1) is 18.5 Å². The highest BCUT2D eigenvalue weighted by atomic mass is 32.2. The van der Waals surface area contributed by atoms with Gasteiger partial charge in [0.1, 0.15) is 0 Å². The minimum absolute atomic E-state index is 0.0873. The van der Waals surface area contributed by atoms with Crippen LogP contribution in [0.1, 0.15) is 24.5 Å².